The fraction of sp³-hybridized carbons (Fsp3) is 0.455. The number of hydrogen-bond donors (Lipinski definition) is 5. The molecule has 0 radical (unpaired) electrons. The summed E-state index contributed by atoms with van der Waals surface area (Å²) < 4.78 is 0. The Labute approximate surface area is 113 Å². The van der Waals surface area contributed by atoms with Crippen LogP contribution in [0, 0.1) is 0 Å². The number of imidazole rings is 1. The summed E-state index contributed by atoms with van der Waals surface area (Å²) >= 11 is 0. The molecule has 9 heteroatoms. The molecular formula is C11H15N5O4. The van der Waals surface area contributed by atoms with Gasteiger partial charge in [-0.05, 0) is 0 Å². The first-order valence-electron chi connectivity index (χ1n) is 6.03. The molecular weight excluding hydrogens is 266 g/mol. The Balaban J connectivity index is 1.98. The molecule has 0 saturated carbocycles. The summed E-state index contributed by atoms with van der Waals surface area (Å²) in [6, 6.07) is -1.90. The molecule has 1 aliphatic rings. The second-order valence-corrected chi connectivity index (χ2v) is 4.54. The topological polar surface area (TPSA) is 150 Å². The molecule has 0 spiro atoms. The lowest BCUT2D eigenvalue weighted by atomic mass is 10.0. The Bertz CT molecular complexity index is 541. The quantitative estimate of drug-likeness (QED) is 0.416. The lowest BCUT2D eigenvalue weighted by molar-refractivity contribution is -0.143. The first-order valence-corrected chi connectivity index (χ1v) is 6.03. The minimum absolute atomic E-state index is 0.355. The second-order valence-electron chi connectivity index (χ2n) is 4.54. The van der Waals surface area contributed by atoms with Gasteiger partial charge in [-0.3, -0.25) is 14.9 Å². The van der Waals surface area contributed by atoms with E-state index in [1.54, 1.807) is 6.33 Å². The second kappa shape index (κ2) is 5.70. The fourth-order valence-electron chi connectivity index (χ4n) is 2.03. The van der Waals surface area contributed by atoms with Crippen molar-refractivity contribution in [3.8, 4) is 0 Å². The normalized spacial score (nSPS) is 18.9. The van der Waals surface area contributed by atoms with Gasteiger partial charge < -0.3 is 21.1 Å². The SMILES string of the molecule is NC(=O)CC(NC(=O)C1Cc2nc[nH]c2CN1)C(=O)O. The molecule has 0 aromatic carbocycles. The first-order chi connectivity index (χ1) is 9.47. The van der Waals surface area contributed by atoms with Crippen molar-refractivity contribution < 1.29 is 19.5 Å². The van der Waals surface area contributed by atoms with E-state index in [2.05, 4.69) is 20.6 Å². The van der Waals surface area contributed by atoms with Gasteiger partial charge in [0.1, 0.15) is 6.04 Å². The molecule has 1 aliphatic heterocycles. The molecule has 9 nitrogen and oxygen atoms in total. The predicted molar refractivity (Wildman–Crippen MR) is 66.3 cm³/mol. The van der Waals surface area contributed by atoms with Crippen LogP contribution in [0.1, 0.15) is 17.8 Å². The van der Waals surface area contributed by atoms with Crippen LogP contribution in [0.5, 0.6) is 0 Å². The van der Waals surface area contributed by atoms with E-state index in [4.69, 9.17) is 10.8 Å². The number of aliphatic carboxylic acids is 1. The van der Waals surface area contributed by atoms with Crippen LogP contribution in [0.15, 0.2) is 6.33 Å². The van der Waals surface area contributed by atoms with E-state index in [0.29, 0.717) is 13.0 Å². The average molecular weight is 281 g/mol. The number of aromatic nitrogens is 2. The molecule has 0 fully saturated rings. The largest absolute Gasteiger partial charge is 0.480 e. The van der Waals surface area contributed by atoms with E-state index < -0.39 is 36.3 Å². The van der Waals surface area contributed by atoms with Crippen molar-refractivity contribution in [2.24, 2.45) is 5.73 Å². The predicted octanol–water partition coefficient (Wildman–Crippen LogP) is -2.13. The minimum atomic E-state index is -1.32. The lowest BCUT2D eigenvalue weighted by Crippen LogP contribution is -2.53. The number of nitrogens with zero attached hydrogens (tertiary/aromatic N) is 1. The Morgan fingerprint density at radius 1 is 1.55 bits per heavy atom. The lowest BCUT2D eigenvalue weighted by Gasteiger charge is -2.23. The maximum absolute atomic E-state index is 12.0. The van der Waals surface area contributed by atoms with Gasteiger partial charge in [0.25, 0.3) is 0 Å². The van der Waals surface area contributed by atoms with Crippen LogP contribution in [-0.4, -0.2) is 44.9 Å². The summed E-state index contributed by atoms with van der Waals surface area (Å²) in [5.41, 5.74) is 6.62. The van der Waals surface area contributed by atoms with Crippen molar-refractivity contribution in [1.82, 2.24) is 20.6 Å². The molecule has 6 N–H and O–H groups in total. The standard InChI is InChI=1S/C11H15N5O4/c12-9(17)2-7(11(19)20)16-10(18)6-1-5-8(3-13-6)15-4-14-5/h4,6-7,13H,1-3H2,(H2,12,17)(H,14,15)(H,16,18)(H,19,20). The molecule has 1 aromatic rings. The molecule has 20 heavy (non-hydrogen) atoms. The number of rotatable bonds is 5. The van der Waals surface area contributed by atoms with Crippen LogP contribution in [-0.2, 0) is 27.3 Å². The maximum atomic E-state index is 12.0. The van der Waals surface area contributed by atoms with Gasteiger partial charge in [0.05, 0.1) is 30.2 Å². The number of amides is 2. The highest BCUT2D eigenvalue weighted by atomic mass is 16.4. The summed E-state index contributed by atoms with van der Waals surface area (Å²) in [6.07, 6.45) is 1.45. The van der Waals surface area contributed by atoms with Crippen LogP contribution in [0.4, 0.5) is 0 Å². The van der Waals surface area contributed by atoms with E-state index in [9.17, 15) is 14.4 Å². The number of carboxylic acids is 1. The molecule has 2 rings (SSSR count). The van der Waals surface area contributed by atoms with Gasteiger partial charge in [-0.2, -0.15) is 0 Å². The first kappa shape index (κ1) is 14.0. The Hall–Kier alpha value is -2.42. The number of carbonyl (C=O) groups excluding carboxylic acids is 2. The number of fused-ring (bicyclic) bond motifs is 1. The third kappa shape index (κ3) is 3.12. The van der Waals surface area contributed by atoms with Gasteiger partial charge in [-0.25, -0.2) is 9.78 Å². The van der Waals surface area contributed by atoms with Crippen LogP contribution >= 0.6 is 0 Å². The van der Waals surface area contributed by atoms with Crippen molar-refractivity contribution in [2.75, 3.05) is 0 Å². The summed E-state index contributed by atoms with van der Waals surface area (Å²) in [6.45, 7) is 0.445. The number of carboxylic acid groups (broad SMARTS) is 1. The summed E-state index contributed by atoms with van der Waals surface area (Å²) in [5.74, 6) is -2.58. The molecule has 2 atom stereocenters. The Morgan fingerprint density at radius 2 is 2.30 bits per heavy atom. The van der Waals surface area contributed by atoms with E-state index >= 15 is 0 Å². The van der Waals surface area contributed by atoms with Gasteiger partial charge in [0.15, 0.2) is 0 Å². The number of carbonyl (C=O) groups is 3. The van der Waals surface area contributed by atoms with Crippen molar-refractivity contribution in [3.63, 3.8) is 0 Å². The fourth-order valence-corrected chi connectivity index (χ4v) is 2.03. The summed E-state index contributed by atoms with van der Waals surface area (Å²) in [4.78, 5) is 40.8. The number of primary amides is 1. The van der Waals surface area contributed by atoms with Gasteiger partial charge in [-0.1, -0.05) is 0 Å². The van der Waals surface area contributed by atoms with E-state index in [1.165, 1.54) is 0 Å². The molecule has 108 valence electrons. The maximum Gasteiger partial charge on any atom is 0.326 e. The summed E-state index contributed by atoms with van der Waals surface area (Å²) in [7, 11) is 0. The number of nitrogens with two attached hydrogens (primary N) is 1. The Morgan fingerprint density at radius 3 is 2.95 bits per heavy atom. The van der Waals surface area contributed by atoms with Crippen LogP contribution < -0.4 is 16.4 Å². The van der Waals surface area contributed by atoms with Crippen LogP contribution in [0.3, 0.4) is 0 Å². The van der Waals surface area contributed by atoms with Gasteiger partial charge >= 0.3 is 5.97 Å². The molecule has 0 aliphatic carbocycles. The van der Waals surface area contributed by atoms with E-state index in [0.717, 1.165) is 11.4 Å². The van der Waals surface area contributed by atoms with Gasteiger partial charge in [0.2, 0.25) is 11.8 Å². The highest BCUT2D eigenvalue weighted by molar-refractivity contribution is 5.90. The average Bonchev–Trinajstić information content (AvgIpc) is 2.84. The van der Waals surface area contributed by atoms with Crippen molar-refractivity contribution >= 4 is 17.8 Å². The van der Waals surface area contributed by atoms with E-state index in [1.807, 2.05) is 0 Å². The molecule has 0 saturated heterocycles. The zero-order valence-corrected chi connectivity index (χ0v) is 10.5. The summed E-state index contributed by atoms with van der Waals surface area (Å²) in [5, 5.41) is 14.2. The highest BCUT2D eigenvalue weighted by Crippen LogP contribution is 2.12. The van der Waals surface area contributed by atoms with Gasteiger partial charge in [0, 0.05) is 13.0 Å². The highest BCUT2D eigenvalue weighted by Gasteiger charge is 2.29. The number of H-pyrrole nitrogens is 1. The molecule has 1 aromatic heterocycles. The van der Waals surface area contributed by atoms with Crippen molar-refractivity contribution in [1.29, 1.82) is 0 Å². The molecule has 0 bridgehead atoms. The number of hydrogen-bond acceptors (Lipinski definition) is 5. The molecule has 2 amide bonds. The van der Waals surface area contributed by atoms with Crippen LogP contribution in [0.2, 0.25) is 0 Å². The van der Waals surface area contributed by atoms with Crippen molar-refractivity contribution in [2.45, 2.75) is 31.5 Å². The minimum Gasteiger partial charge on any atom is -0.480 e. The zero-order chi connectivity index (χ0) is 14.7. The van der Waals surface area contributed by atoms with E-state index in [-0.39, 0.29) is 0 Å². The van der Waals surface area contributed by atoms with Crippen LogP contribution in [0.25, 0.3) is 0 Å². The van der Waals surface area contributed by atoms with Crippen molar-refractivity contribution in [3.05, 3.63) is 17.7 Å². The third-order valence-corrected chi connectivity index (χ3v) is 3.07. The number of aromatic amines is 1. The number of nitrogens with one attached hydrogen (secondary N) is 3. The third-order valence-electron chi connectivity index (χ3n) is 3.07. The van der Waals surface area contributed by atoms with Gasteiger partial charge in [-0.15, -0.1) is 0 Å². The monoisotopic (exact) mass is 281 g/mol. The molecule has 2 unspecified atom stereocenters. The Kier molecular flexibility index (Phi) is 3.99. The molecule has 2 heterocycles. The smallest absolute Gasteiger partial charge is 0.326 e. The zero-order valence-electron chi connectivity index (χ0n) is 10.5.